The first-order chi connectivity index (χ1) is 16.3. The first kappa shape index (κ1) is 25.8. The van der Waals surface area contributed by atoms with Gasteiger partial charge >= 0.3 is 5.97 Å². The van der Waals surface area contributed by atoms with Crippen LogP contribution in [0.25, 0.3) is 11.0 Å². The van der Waals surface area contributed by atoms with Gasteiger partial charge < -0.3 is 14.5 Å². The summed E-state index contributed by atoms with van der Waals surface area (Å²) in [4.78, 5) is 31.3. The third kappa shape index (κ3) is 6.84. The molecule has 0 unspecified atom stereocenters. The number of ether oxygens (including phenoxy) is 1. The molecule has 0 aliphatic carbocycles. The number of aromatic nitrogens is 3. The maximum Gasteiger partial charge on any atom is 0.320 e. The van der Waals surface area contributed by atoms with Crippen molar-refractivity contribution < 1.29 is 14.3 Å². The Bertz CT molecular complexity index is 1140. The second-order valence-electron chi connectivity index (χ2n) is 7.93. The summed E-state index contributed by atoms with van der Waals surface area (Å²) < 4.78 is 6.11. The molecule has 0 saturated carbocycles. The van der Waals surface area contributed by atoms with Crippen LogP contribution in [0.4, 0.5) is 5.69 Å². The highest BCUT2D eigenvalue weighted by Crippen LogP contribution is 2.23. The number of halogens is 2. The highest BCUT2D eigenvalue weighted by Gasteiger charge is 2.22. The molecule has 8 nitrogen and oxygen atoms in total. The molecule has 0 bridgehead atoms. The van der Waals surface area contributed by atoms with Gasteiger partial charge in [0.25, 0.3) is 0 Å². The number of hydrogen-bond acceptors (Lipinski definition) is 6. The summed E-state index contributed by atoms with van der Waals surface area (Å²) in [5.74, 6) is -0.316. The maximum absolute atomic E-state index is 12.7. The van der Waals surface area contributed by atoms with Crippen molar-refractivity contribution in [3.05, 3.63) is 52.8 Å². The minimum Gasteiger partial charge on any atom is -0.465 e. The molecule has 1 aliphatic heterocycles. The first-order valence-electron chi connectivity index (χ1n) is 11.1. The number of piperazine rings is 1. The number of fused-ring (bicyclic) bond motifs is 1. The van der Waals surface area contributed by atoms with Crippen molar-refractivity contribution in [2.24, 2.45) is 0 Å². The monoisotopic (exact) mass is 505 g/mol. The van der Waals surface area contributed by atoms with Gasteiger partial charge in [-0.3, -0.25) is 14.3 Å². The van der Waals surface area contributed by atoms with Crippen molar-refractivity contribution in [2.75, 3.05) is 43.6 Å². The summed E-state index contributed by atoms with van der Waals surface area (Å²) in [6, 6.07) is 10.0. The van der Waals surface area contributed by atoms with Gasteiger partial charge in [0.2, 0.25) is 5.91 Å². The smallest absolute Gasteiger partial charge is 0.320 e. The molecule has 1 fully saturated rings. The Kier molecular flexibility index (Phi) is 9.12. The number of hydrogen-bond donors (Lipinski definition) is 0. The summed E-state index contributed by atoms with van der Waals surface area (Å²) in [5.41, 5.74) is 3.84. The van der Waals surface area contributed by atoms with Crippen molar-refractivity contribution in [3.8, 4) is 0 Å². The minimum absolute atomic E-state index is 0.0478. The van der Waals surface area contributed by atoms with Gasteiger partial charge in [0.1, 0.15) is 12.4 Å². The third-order valence-corrected chi connectivity index (χ3v) is 6.05. The number of esters is 1. The van der Waals surface area contributed by atoms with E-state index in [9.17, 15) is 9.59 Å². The summed E-state index contributed by atoms with van der Waals surface area (Å²) >= 11 is 11.2. The van der Waals surface area contributed by atoms with E-state index in [4.69, 9.17) is 23.2 Å². The summed E-state index contributed by atoms with van der Waals surface area (Å²) in [6.07, 6.45) is 1.88. The SMILES string of the molecule is CCOC(=O)CCl.Cc1ccc2cn(CC(=O)N3CCN(c4ccc(Cl)c(C)c4)CC3)nc2n1. The lowest BCUT2D eigenvalue weighted by Crippen LogP contribution is -2.49. The number of nitrogens with zero attached hydrogens (tertiary/aromatic N) is 5. The van der Waals surface area contributed by atoms with Gasteiger partial charge in [-0.05, 0) is 56.7 Å². The number of aryl methyl sites for hydroxylation is 2. The Morgan fingerprint density at radius 3 is 2.44 bits per heavy atom. The van der Waals surface area contributed by atoms with Crippen LogP contribution >= 0.6 is 23.2 Å². The molecule has 3 aromatic rings. The molecule has 182 valence electrons. The molecule has 3 heterocycles. The largest absolute Gasteiger partial charge is 0.465 e. The van der Waals surface area contributed by atoms with Gasteiger partial charge in [-0.25, -0.2) is 4.98 Å². The minimum atomic E-state index is -0.357. The molecule has 0 atom stereocenters. The van der Waals surface area contributed by atoms with E-state index in [1.54, 1.807) is 11.6 Å². The number of benzene rings is 1. The lowest BCUT2D eigenvalue weighted by Gasteiger charge is -2.36. The van der Waals surface area contributed by atoms with Gasteiger partial charge in [-0.1, -0.05) is 11.6 Å². The average molecular weight is 506 g/mol. The highest BCUT2D eigenvalue weighted by molar-refractivity contribution is 6.31. The lowest BCUT2D eigenvalue weighted by molar-refractivity contribution is -0.140. The fourth-order valence-electron chi connectivity index (χ4n) is 3.60. The van der Waals surface area contributed by atoms with Crippen LogP contribution in [0.2, 0.25) is 5.02 Å². The highest BCUT2D eigenvalue weighted by atomic mass is 35.5. The Morgan fingerprint density at radius 2 is 1.82 bits per heavy atom. The molecular weight excluding hydrogens is 477 g/mol. The van der Waals surface area contributed by atoms with Crippen molar-refractivity contribution >= 4 is 51.8 Å². The van der Waals surface area contributed by atoms with Crippen LogP contribution in [0.1, 0.15) is 18.2 Å². The molecule has 1 amide bonds. The number of pyridine rings is 1. The molecular formula is C24H29Cl2N5O3. The molecule has 4 rings (SSSR count). The number of carbonyl (C=O) groups is 2. The van der Waals surface area contributed by atoms with Gasteiger partial charge in [-0.2, -0.15) is 5.10 Å². The second-order valence-corrected chi connectivity index (χ2v) is 8.61. The Balaban J connectivity index is 0.000000406. The normalized spacial score (nSPS) is 13.4. The number of carbonyl (C=O) groups excluding carboxylic acids is 2. The molecule has 0 N–H and O–H groups in total. The van der Waals surface area contributed by atoms with Crippen LogP contribution in [0.5, 0.6) is 0 Å². The van der Waals surface area contributed by atoms with E-state index >= 15 is 0 Å². The van der Waals surface area contributed by atoms with Crippen LogP contribution in [0.15, 0.2) is 36.5 Å². The van der Waals surface area contributed by atoms with Crippen LogP contribution in [-0.2, 0) is 20.9 Å². The molecule has 0 radical (unpaired) electrons. The molecule has 34 heavy (non-hydrogen) atoms. The fraction of sp³-hybridized carbons (Fsp3) is 0.417. The molecule has 1 aliphatic rings. The van der Waals surface area contributed by atoms with Gasteiger partial charge in [-0.15, -0.1) is 11.6 Å². The zero-order chi connectivity index (χ0) is 24.7. The van der Waals surface area contributed by atoms with Crippen LogP contribution in [-0.4, -0.2) is 70.2 Å². The van der Waals surface area contributed by atoms with Crippen molar-refractivity contribution in [1.82, 2.24) is 19.7 Å². The number of alkyl halides is 1. The van der Waals surface area contributed by atoms with E-state index in [0.717, 1.165) is 40.4 Å². The van der Waals surface area contributed by atoms with Crippen molar-refractivity contribution in [1.29, 1.82) is 0 Å². The lowest BCUT2D eigenvalue weighted by atomic mass is 10.2. The van der Waals surface area contributed by atoms with E-state index in [2.05, 4.69) is 25.8 Å². The quantitative estimate of drug-likeness (QED) is 0.387. The molecule has 10 heteroatoms. The maximum atomic E-state index is 12.7. The number of anilines is 1. The first-order valence-corrected chi connectivity index (χ1v) is 12.0. The van der Waals surface area contributed by atoms with E-state index in [1.807, 2.05) is 49.2 Å². The van der Waals surface area contributed by atoms with E-state index in [1.165, 1.54) is 0 Å². The summed E-state index contributed by atoms with van der Waals surface area (Å²) in [7, 11) is 0. The predicted molar refractivity (Wildman–Crippen MR) is 135 cm³/mol. The molecule has 1 aromatic carbocycles. The zero-order valence-electron chi connectivity index (χ0n) is 19.6. The van der Waals surface area contributed by atoms with Gasteiger partial charge in [0.15, 0.2) is 5.65 Å². The predicted octanol–water partition coefficient (Wildman–Crippen LogP) is 3.84. The molecule has 1 saturated heterocycles. The van der Waals surface area contributed by atoms with Crippen LogP contribution in [0, 0.1) is 13.8 Å². The summed E-state index contributed by atoms with van der Waals surface area (Å²) in [6.45, 7) is 9.38. The van der Waals surface area contributed by atoms with Crippen molar-refractivity contribution in [2.45, 2.75) is 27.3 Å². The standard InChI is InChI=1S/C20H22ClN5O.C4H7ClO2/c1-14-11-17(5-6-18(14)21)24-7-9-25(10-8-24)19(27)13-26-12-16-4-3-15(2)22-20(16)23-26;1-2-7-4(6)3-5/h3-6,11-12H,7-10,13H2,1-2H3;2-3H2,1H3. The molecule has 0 spiro atoms. The van der Waals surface area contributed by atoms with Gasteiger partial charge in [0.05, 0.1) is 6.61 Å². The Labute approximate surface area is 209 Å². The van der Waals surface area contributed by atoms with Gasteiger partial charge in [0, 0.05) is 54.2 Å². The third-order valence-electron chi connectivity index (χ3n) is 5.41. The Hall–Kier alpha value is -2.84. The fourth-order valence-corrected chi connectivity index (χ4v) is 3.80. The zero-order valence-corrected chi connectivity index (χ0v) is 21.1. The van der Waals surface area contributed by atoms with E-state index in [0.29, 0.717) is 25.3 Å². The van der Waals surface area contributed by atoms with E-state index < -0.39 is 0 Å². The second kappa shape index (κ2) is 12.0. The van der Waals surface area contributed by atoms with Crippen LogP contribution < -0.4 is 4.90 Å². The van der Waals surface area contributed by atoms with Crippen LogP contribution in [0.3, 0.4) is 0 Å². The number of amides is 1. The topological polar surface area (TPSA) is 80.6 Å². The average Bonchev–Trinajstić information content (AvgIpc) is 3.22. The van der Waals surface area contributed by atoms with Crippen molar-refractivity contribution in [3.63, 3.8) is 0 Å². The van der Waals surface area contributed by atoms with E-state index in [-0.39, 0.29) is 24.3 Å². The number of rotatable bonds is 5. The Morgan fingerprint density at radius 1 is 1.09 bits per heavy atom. The molecule has 2 aromatic heterocycles. The summed E-state index contributed by atoms with van der Waals surface area (Å²) in [5, 5.41) is 6.16.